The van der Waals surface area contributed by atoms with Crippen molar-refractivity contribution in [3.63, 3.8) is 0 Å². The Balaban J connectivity index is 0.667. The van der Waals surface area contributed by atoms with Gasteiger partial charge in [0, 0.05) is 99.0 Å². The molecule has 11 rings (SSSR count). The monoisotopic (exact) mass is 1120 g/mol. The number of carbonyl (C=O) groups is 3. The van der Waals surface area contributed by atoms with Crippen LogP contribution in [-0.4, -0.2) is 168 Å². The molecule has 81 heavy (non-hydrogen) atoms. The topological polar surface area (TPSA) is 233 Å². The van der Waals surface area contributed by atoms with Crippen molar-refractivity contribution in [2.24, 2.45) is 11.8 Å². The molecule has 422 valence electrons. The van der Waals surface area contributed by atoms with E-state index in [0.29, 0.717) is 113 Å². The van der Waals surface area contributed by atoms with Crippen molar-refractivity contribution in [3.05, 3.63) is 113 Å². The first-order valence-corrected chi connectivity index (χ1v) is 28.4. The molecule has 2 aromatic heterocycles. The van der Waals surface area contributed by atoms with Crippen LogP contribution in [-0.2, 0) is 33.9 Å². The third-order valence-corrected chi connectivity index (χ3v) is 17.4. The van der Waals surface area contributed by atoms with Gasteiger partial charge in [-0.25, -0.2) is 4.57 Å². The Labute approximate surface area is 475 Å². The van der Waals surface area contributed by atoms with Gasteiger partial charge in [-0.3, -0.25) is 24.2 Å². The fourth-order valence-corrected chi connectivity index (χ4v) is 12.9. The van der Waals surface area contributed by atoms with Gasteiger partial charge in [0.1, 0.15) is 23.9 Å². The first kappa shape index (κ1) is 54.9. The van der Waals surface area contributed by atoms with Gasteiger partial charge >= 0.3 is 12.0 Å². The van der Waals surface area contributed by atoms with E-state index in [1.807, 2.05) is 54.4 Å². The molecule has 3 amide bonds. The summed E-state index contributed by atoms with van der Waals surface area (Å²) in [4.78, 5) is 63.3. The molecule has 0 spiro atoms. The number of phenolic OH excluding ortho intramolecular Hbond substituents is 2. The summed E-state index contributed by atoms with van der Waals surface area (Å²) in [5.41, 5.74) is 5.45. The second-order valence-electron chi connectivity index (χ2n) is 22.2. The number of aromatic nitrogens is 5. The Hall–Kier alpha value is -7.99. The average Bonchev–Trinajstić information content (AvgIpc) is 4.16. The minimum atomic E-state index is -0.332. The molecular formula is C60H68ClN13O7. The number of amides is 3. The molecule has 0 aliphatic carbocycles. The summed E-state index contributed by atoms with van der Waals surface area (Å²) < 4.78 is 7.98. The number of nitrogens with one attached hydrogen (secondary N) is 1. The van der Waals surface area contributed by atoms with Gasteiger partial charge in [0.05, 0.1) is 47.0 Å². The van der Waals surface area contributed by atoms with Crippen molar-refractivity contribution in [1.29, 1.82) is 5.26 Å². The smallest absolute Gasteiger partial charge is 0.319 e. The van der Waals surface area contributed by atoms with E-state index in [1.165, 1.54) is 16.7 Å². The molecule has 3 atom stereocenters. The molecule has 6 aromatic rings. The number of nitriles is 1. The third kappa shape index (κ3) is 11.5. The zero-order valence-electron chi connectivity index (χ0n) is 45.8. The zero-order chi connectivity index (χ0) is 56.5. The van der Waals surface area contributed by atoms with Crippen molar-refractivity contribution in [2.75, 3.05) is 82.4 Å². The Morgan fingerprint density at radius 1 is 0.864 bits per heavy atom. The Morgan fingerprint density at radius 3 is 2.37 bits per heavy atom. The maximum atomic E-state index is 13.8. The van der Waals surface area contributed by atoms with Crippen LogP contribution in [0.1, 0.15) is 60.9 Å². The number of fused-ring (bicyclic) bond motifs is 2. The van der Waals surface area contributed by atoms with Crippen molar-refractivity contribution in [1.82, 2.24) is 49.6 Å². The van der Waals surface area contributed by atoms with Crippen molar-refractivity contribution >= 4 is 51.6 Å². The molecule has 1 unspecified atom stereocenters. The molecule has 4 fully saturated rings. The average molecular weight is 1120 g/mol. The molecule has 0 bridgehead atoms. The van der Waals surface area contributed by atoms with Gasteiger partial charge in [0.15, 0.2) is 5.82 Å². The quantitative estimate of drug-likeness (QED) is 0.0870. The van der Waals surface area contributed by atoms with Crippen molar-refractivity contribution in [2.45, 2.75) is 83.1 Å². The van der Waals surface area contributed by atoms with E-state index in [4.69, 9.17) is 26.3 Å². The van der Waals surface area contributed by atoms with Gasteiger partial charge in [-0.15, -0.1) is 5.10 Å². The molecule has 4 aromatic carbocycles. The van der Waals surface area contributed by atoms with E-state index in [-0.39, 0.29) is 83.4 Å². The Kier molecular flexibility index (Phi) is 16.0. The molecule has 4 saturated heterocycles. The lowest BCUT2D eigenvalue weighted by Gasteiger charge is -2.42. The van der Waals surface area contributed by atoms with E-state index in [1.54, 1.807) is 17.9 Å². The van der Waals surface area contributed by atoms with Crippen LogP contribution in [0.4, 0.5) is 11.5 Å². The number of rotatable bonds is 14. The summed E-state index contributed by atoms with van der Waals surface area (Å²) in [6, 6.07) is 24.4. The number of piperidine rings is 2. The summed E-state index contributed by atoms with van der Waals surface area (Å²) in [5.74, 6) is 0.532. The standard InChI is InChI=1S/C60H68ClN13O7/c1-4-53(77)73-28-27-72(34-44(73)15-21-62)55-46-20-26-71(50-10-6-8-39-7-5-9-48(61)54(39)50)35-49(46)64-59(65-55)81-36-45-30-42(33-68(45)3)63-57(78)40-18-24-70(25-19-40)58(79)41-16-22-69(23-17-41)32-38-11-13-43(14-12-38)74-56(66-67-60(74)80)47-29-37(2)51(75)31-52(47)76/h4-14,29,31,40-42,44-45,75-76H,1,15-20,22-28,30,32-36H2,2-3H3,(H,63,78)(H,67,80)/t42?,44-,45-/m0/s1. The second kappa shape index (κ2) is 23.6. The van der Waals surface area contributed by atoms with Crippen LogP contribution in [0.2, 0.25) is 5.02 Å². The SMILES string of the molecule is C=CC(=O)N1CCN(c2nc(OC[C@@H]3CC(NC(=O)C4CCN(C(=O)C5CCN(Cc6ccc(-n7c(O)nnc7-c7cc(C)c(O)cc7O)cc6)CC5)CC4)CN3C)nc3c2CCN(c2cccc4cccc(Cl)c24)C3)C[C@@H]1CC#N. The Morgan fingerprint density at radius 2 is 1.62 bits per heavy atom. The van der Waals surface area contributed by atoms with Crippen LogP contribution in [0, 0.1) is 30.1 Å². The summed E-state index contributed by atoms with van der Waals surface area (Å²) in [7, 11) is 2.04. The van der Waals surface area contributed by atoms with E-state index in [9.17, 15) is 35.0 Å². The molecular weight excluding hydrogens is 1050 g/mol. The zero-order valence-corrected chi connectivity index (χ0v) is 46.5. The first-order valence-electron chi connectivity index (χ1n) is 28.0. The van der Waals surface area contributed by atoms with Gasteiger partial charge in [-0.05, 0) is 119 Å². The summed E-state index contributed by atoms with van der Waals surface area (Å²) in [5, 5.41) is 55.0. The third-order valence-electron chi connectivity index (χ3n) is 17.1. The predicted octanol–water partition coefficient (Wildman–Crippen LogP) is 6.35. The Bertz CT molecular complexity index is 3380. The normalized spacial score (nSPS) is 20.3. The lowest BCUT2D eigenvalue weighted by Crippen LogP contribution is -2.55. The van der Waals surface area contributed by atoms with Gasteiger partial charge in [0.25, 0.3) is 0 Å². The molecule has 5 aliphatic rings. The number of hydrogen-bond donors (Lipinski definition) is 4. The number of benzene rings is 4. The van der Waals surface area contributed by atoms with Gasteiger partial charge in [0.2, 0.25) is 17.7 Å². The van der Waals surface area contributed by atoms with E-state index >= 15 is 0 Å². The molecule has 5 aliphatic heterocycles. The van der Waals surface area contributed by atoms with E-state index in [0.717, 1.165) is 65.0 Å². The number of hydrogen-bond acceptors (Lipinski definition) is 16. The maximum absolute atomic E-state index is 13.8. The number of anilines is 2. The van der Waals surface area contributed by atoms with Crippen LogP contribution < -0.4 is 19.9 Å². The highest BCUT2D eigenvalue weighted by Gasteiger charge is 2.38. The minimum Gasteiger partial charge on any atom is -0.508 e. The number of ether oxygens (including phenoxy) is 1. The number of aryl methyl sites for hydroxylation is 1. The fraction of sp³-hybridized carbons (Fsp3) is 0.433. The highest BCUT2D eigenvalue weighted by molar-refractivity contribution is 6.36. The number of likely N-dealkylation sites (tertiary alicyclic amines) is 3. The number of piperazine rings is 1. The maximum Gasteiger partial charge on any atom is 0.319 e. The van der Waals surface area contributed by atoms with Crippen LogP contribution in [0.25, 0.3) is 27.8 Å². The predicted molar refractivity (Wildman–Crippen MR) is 306 cm³/mol. The largest absolute Gasteiger partial charge is 0.508 e. The number of phenols is 2. The van der Waals surface area contributed by atoms with Gasteiger partial charge in [-0.1, -0.05) is 59.7 Å². The van der Waals surface area contributed by atoms with E-state index in [2.05, 4.69) is 66.0 Å². The first-order chi connectivity index (χ1) is 39.2. The fourth-order valence-electron chi connectivity index (χ4n) is 12.6. The van der Waals surface area contributed by atoms with Crippen molar-refractivity contribution < 1.29 is 34.4 Å². The van der Waals surface area contributed by atoms with Crippen LogP contribution >= 0.6 is 11.6 Å². The lowest BCUT2D eigenvalue weighted by molar-refractivity contribution is -0.140. The van der Waals surface area contributed by atoms with Crippen LogP contribution in [0.5, 0.6) is 23.5 Å². The number of nitrogens with zero attached hydrogens (tertiary/aromatic N) is 12. The number of likely N-dealkylation sites (N-methyl/N-ethyl adjacent to an activating group) is 1. The number of halogens is 1. The van der Waals surface area contributed by atoms with Gasteiger partial charge < -0.3 is 45.0 Å². The molecule has 0 radical (unpaired) electrons. The summed E-state index contributed by atoms with van der Waals surface area (Å²) in [6.07, 6.45) is 5.59. The number of carbonyl (C=O) groups excluding carboxylic acids is 3. The van der Waals surface area contributed by atoms with Crippen molar-refractivity contribution in [3.8, 4) is 46.7 Å². The molecule has 7 heterocycles. The van der Waals surface area contributed by atoms with E-state index < -0.39 is 0 Å². The molecule has 20 nitrogen and oxygen atoms in total. The van der Waals surface area contributed by atoms with Crippen LogP contribution in [0.3, 0.4) is 0 Å². The second-order valence-corrected chi connectivity index (χ2v) is 22.6. The summed E-state index contributed by atoms with van der Waals surface area (Å²) >= 11 is 6.81. The van der Waals surface area contributed by atoms with Gasteiger partial charge in [-0.2, -0.15) is 15.2 Å². The molecule has 4 N–H and O–H groups in total. The highest BCUT2D eigenvalue weighted by Crippen LogP contribution is 2.39. The lowest BCUT2D eigenvalue weighted by atomic mass is 9.91. The number of aromatic hydroxyl groups is 3. The summed E-state index contributed by atoms with van der Waals surface area (Å²) in [6.45, 7) is 12.3. The molecule has 21 heteroatoms. The minimum absolute atomic E-state index is 0.0122. The van der Waals surface area contributed by atoms with Crippen LogP contribution in [0.15, 0.2) is 85.5 Å². The molecule has 0 saturated carbocycles. The highest BCUT2D eigenvalue weighted by atomic mass is 35.5.